The fraction of sp³-hybridized carbons (Fsp3) is 0.583. The molecule has 1 aliphatic carbocycles. The first-order valence-corrected chi connectivity index (χ1v) is 11.9. The molecule has 0 bridgehead atoms. The fourth-order valence-corrected chi connectivity index (χ4v) is 4.96. The maximum absolute atomic E-state index is 13.0. The summed E-state index contributed by atoms with van der Waals surface area (Å²) in [5, 5.41) is 23.4. The zero-order chi connectivity index (χ0) is 22.5. The lowest BCUT2D eigenvalue weighted by atomic mass is 10.1. The number of benzene rings is 1. The molecule has 0 radical (unpaired) electrons. The number of aromatic nitrogens is 5. The van der Waals surface area contributed by atoms with E-state index in [1.807, 2.05) is 35.9 Å². The minimum atomic E-state index is -0.0635. The van der Waals surface area contributed by atoms with Crippen LogP contribution in [0.2, 0.25) is 0 Å². The summed E-state index contributed by atoms with van der Waals surface area (Å²) in [5.74, 6) is 0.879. The number of hydrogen-bond donors (Lipinski definition) is 2. The third kappa shape index (κ3) is 4.76. The molecule has 1 fully saturated rings. The molecule has 0 spiro atoms. The van der Waals surface area contributed by atoms with Crippen molar-refractivity contribution in [2.45, 2.75) is 77.4 Å². The number of fused-ring (bicyclic) bond motifs is 1. The summed E-state index contributed by atoms with van der Waals surface area (Å²) in [6.45, 7) is 5.43. The van der Waals surface area contributed by atoms with Crippen molar-refractivity contribution in [2.75, 3.05) is 13.2 Å². The topological polar surface area (TPSA) is 99.9 Å². The van der Waals surface area contributed by atoms with Crippen LogP contribution in [0.25, 0.3) is 10.9 Å². The Hall–Kier alpha value is -2.58. The molecule has 4 rings (SSSR count). The van der Waals surface area contributed by atoms with E-state index in [1.165, 1.54) is 12.8 Å². The molecule has 1 aliphatic rings. The van der Waals surface area contributed by atoms with Gasteiger partial charge in [0.25, 0.3) is 5.56 Å². The number of aromatic amines is 1. The molecule has 1 saturated carbocycles. The predicted molar refractivity (Wildman–Crippen MR) is 124 cm³/mol. The lowest BCUT2D eigenvalue weighted by molar-refractivity contribution is 0.145. The van der Waals surface area contributed by atoms with E-state index in [9.17, 15) is 9.90 Å². The standard InChI is InChI=1S/C24H34N6O2/c1-3-8-21(23-26-27-28-30(23)20-11-4-5-12-20)29(13-7-14-31)16-19-15-18-10-6-9-17(2)22(18)25-24(19)32/h6,9-10,15,20-21,31H,3-5,7-8,11-14,16H2,1-2H3,(H,25,32). The van der Waals surface area contributed by atoms with E-state index < -0.39 is 0 Å². The number of pyridine rings is 1. The van der Waals surface area contributed by atoms with Crippen molar-refractivity contribution in [1.29, 1.82) is 0 Å². The molecule has 8 nitrogen and oxygen atoms in total. The molecular weight excluding hydrogens is 404 g/mol. The number of nitrogens with one attached hydrogen (secondary N) is 1. The van der Waals surface area contributed by atoms with Gasteiger partial charge in [0.05, 0.1) is 17.6 Å². The first kappa shape index (κ1) is 22.6. The third-order valence-electron chi connectivity index (χ3n) is 6.63. The van der Waals surface area contributed by atoms with Crippen molar-refractivity contribution < 1.29 is 5.11 Å². The molecule has 3 aromatic rings. The van der Waals surface area contributed by atoms with E-state index in [4.69, 9.17) is 0 Å². The summed E-state index contributed by atoms with van der Waals surface area (Å²) in [7, 11) is 0. The lowest BCUT2D eigenvalue weighted by Crippen LogP contribution is -2.34. The van der Waals surface area contributed by atoms with Crippen molar-refractivity contribution in [3.05, 3.63) is 51.6 Å². The Morgan fingerprint density at radius 3 is 2.88 bits per heavy atom. The van der Waals surface area contributed by atoms with E-state index in [0.717, 1.165) is 53.5 Å². The average Bonchev–Trinajstić information content (AvgIpc) is 3.48. The number of H-pyrrole nitrogens is 1. The van der Waals surface area contributed by atoms with Gasteiger partial charge in [-0.25, -0.2) is 4.68 Å². The number of tetrazole rings is 1. The van der Waals surface area contributed by atoms with Crippen LogP contribution in [0.3, 0.4) is 0 Å². The summed E-state index contributed by atoms with van der Waals surface area (Å²) in [5.41, 5.74) is 2.61. The summed E-state index contributed by atoms with van der Waals surface area (Å²) < 4.78 is 2.02. The second-order valence-corrected chi connectivity index (χ2v) is 8.93. The molecule has 1 atom stereocenters. The molecule has 1 unspecified atom stereocenters. The van der Waals surface area contributed by atoms with E-state index >= 15 is 0 Å². The molecule has 2 heterocycles. The van der Waals surface area contributed by atoms with E-state index in [2.05, 4.69) is 32.3 Å². The van der Waals surface area contributed by atoms with Crippen LogP contribution in [0.4, 0.5) is 0 Å². The van der Waals surface area contributed by atoms with Crippen LogP contribution in [-0.4, -0.2) is 48.3 Å². The van der Waals surface area contributed by atoms with Crippen molar-refractivity contribution >= 4 is 10.9 Å². The molecule has 1 aromatic carbocycles. The van der Waals surface area contributed by atoms with Crippen LogP contribution in [-0.2, 0) is 6.54 Å². The van der Waals surface area contributed by atoms with Gasteiger partial charge < -0.3 is 10.1 Å². The Morgan fingerprint density at radius 2 is 2.12 bits per heavy atom. The summed E-state index contributed by atoms with van der Waals surface area (Å²) in [4.78, 5) is 18.3. The Bertz CT molecular complexity index is 1090. The summed E-state index contributed by atoms with van der Waals surface area (Å²) >= 11 is 0. The minimum absolute atomic E-state index is 0.00486. The second kappa shape index (κ2) is 10.4. The van der Waals surface area contributed by atoms with Gasteiger partial charge in [0.2, 0.25) is 0 Å². The highest BCUT2D eigenvalue weighted by Gasteiger charge is 2.30. The van der Waals surface area contributed by atoms with Gasteiger partial charge in [-0.2, -0.15) is 0 Å². The van der Waals surface area contributed by atoms with Gasteiger partial charge in [0, 0.05) is 25.3 Å². The smallest absolute Gasteiger partial charge is 0.252 e. The molecule has 32 heavy (non-hydrogen) atoms. The first-order valence-electron chi connectivity index (χ1n) is 11.9. The predicted octanol–water partition coefficient (Wildman–Crippen LogP) is 3.66. The number of aliphatic hydroxyl groups is 1. The largest absolute Gasteiger partial charge is 0.396 e. The van der Waals surface area contributed by atoms with Gasteiger partial charge in [-0.3, -0.25) is 9.69 Å². The Morgan fingerprint density at radius 1 is 1.31 bits per heavy atom. The Balaban J connectivity index is 1.69. The van der Waals surface area contributed by atoms with E-state index in [1.54, 1.807) is 0 Å². The highest BCUT2D eigenvalue weighted by Crippen LogP contribution is 2.33. The number of nitrogens with zero attached hydrogens (tertiary/aromatic N) is 5. The number of aryl methyl sites for hydroxylation is 1. The highest BCUT2D eigenvalue weighted by molar-refractivity contribution is 5.81. The Labute approximate surface area is 188 Å². The SMILES string of the molecule is CCCC(c1nnnn1C1CCCC1)N(CCCO)Cc1cc2cccc(C)c2[nH]c1=O. The molecule has 0 amide bonds. The molecule has 8 heteroatoms. The van der Waals surface area contributed by atoms with Crippen LogP contribution in [0.5, 0.6) is 0 Å². The number of hydrogen-bond acceptors (Lipinski definition) is 6. The number of para-hydroxylation sites is 1. The molecular formula is C24H34N6O2. The van der Waals surface area contributed by atoms with Crippen molar-refractivity contribution in [2.24, 2.45) is 0 Å². The fourth-order valence-electron chi connectivity index (χ4n) is 4.96. The zero-order valence-electron chi connectivity index (χ0n) is 19.1. The van der Waals surface area contributed by atoms with Crippen LogP contribution in [0.1, 0.15) is 80.9 Å². The molecule has 0 saturated heterocycles. The van der Waals surface area contributed by atoms with Crippen LogP contribution in [0.15, 0.2) is 29.1 Å². The highest BCUT2D eigenvalue weighted by atomic mass is 16.3. The molecule has 2 N–H and O–H groups in total. The van der Waals surface area contributed by atoms with E-state index in [0.29, 0.717) is 25.6 Å². The molecule has 172 valence electrons. The van der Waals surface area contributed by atoms with Crippen molar-refractivity contribution in [3.63, 3.8) is 0 Å². The van der Waals surface area contributed by atoms with Gasteiger partial charge in [-0.15, -0.1) is 5.10 Å². The number of rotatable bonds is 10. The van der Waals surface area contributed by atoms with Crippen LogP contribution >= 0.6 is 0 Å². The Kier molecular flexibility index (Phi) is 7.32. The number of aliphatic hydroxyl groups excluding tert-OH is 1. The summed E-state index contributed by atoms with van der Waals surface area (Å²) in [6.07, 6.45) is 7.14. The molecule has 2 aromatic heterocycles. The normalized spacial score (nSPS) is 15.8. The maximum atomic E-state index is 13.0. The quantitative estimate of drug-likeness (QED) is 0.501. The van der Waals surface area contributed by atoms with Gasteiger partial charge in [-0.1, -0.05) is 44.4 Å². The second-order valence-electron chi connectivity index (χ2n) is 8.93. The third-order valence-corrected chi connectivity index (χ3v) is 6.63. The maximum Gasteiger partial charge on any atom is 0.252 e. The van der Waals surface area contributed by atoms with Crippen molar-refractivity contribution in [3.8, 4) is 0 Å². The first-order chi connectivity index (χ1) is 15.6. The minimum Gasteiger partial charge on any atom is -0.396 e. The van der Waals surface area contributed by atoms with Crippen LogP contribution < -0.4 is 5.56 Å². The average molecular weight is 439 g/mol. The molecule has 0 aliphatic heterocycles. The zero-order valence-corrected chi connectivity index (χ0v) is 19.1. The van der Waals surface area contributed by atoms with Crippen LogP contribution in [0, 0.1) is 6.92 Å². The van der Waals surface area contributed by atoms with Gasteiger partial charge in [-0.05, 0) is 60.0 Å². The van der Waals surface area contributed by atoms with Crippen molar-refractivity contribution in [1.82, 2.24) is 30.1 Å². The van der Waals surface area contributed by atoms with Gasteiger partial charge in [0.1, 0.15) is 0 Å². The monoisotopic (exact) mass is 438 g/mol. The lowest BCUT2D eigenvalue weighted by Gasteiger charge is -2.31. The van der Waals surface area contributed by atoms with Gasteiger partial charge >= 0.3 is 0 Å². The van der Waals surface area contributed by atoms with Gasteiger partial charge in [0.15, 0.2) is 5.82 Å². The van der Waals surface area contributed by atoms with E-state index in [-0.39, 0.29) is 18.2 Å². The summed E-state index contributed by atoms with van der Waals surface area (Å²) in [6, 6.07) is 8.39.